The van der Waals surface area contributed by atoms with E-state index in [4.69, 9.17) is 9.84 Å². The SMILES string of the molecule is COc1ccc(C(F)(F)C2(C(=O)O)CCC2)cc1. The minimum Gasteiger partial charge on any atom is -0.497 e. The fourth-order valence-electron chi connectivity index (χ4n) is 2.27. The Morgan fingerprint density at radius 3 is 2.22 bits per heavy atom. The first kappa shape index (κ1) is 12.8. The van der Waals surface area contributed by atoms with Gasteiger partial charge in [-0.25, -0.2) is 8.78 Å². The van der Waals surface area contributed by atoms with Gasteiger partial charge >= 0.3 is 5.97 Å². The summed E-state index contributed by atoms with van der Waals surface area (Å²) in [5.41, 5.74) is -2.22. The summed E-state index contributed by atoms with van der Waals surface area (Å²) in [5.74, 6) is -4.31. The first-order chi connectivity index (χ1) is 8.44. The van der Waals surface area contributed by atoms with Crippen LogP contribution >= 0.6 is 0 Å². The Morgan fingerprint density at radius 2 is 1.89 bits per heavy atom. The van der Waals surface area contributed by atoms with Crippen molar-refractivity contribution in [1.29, 1.82) is 0 Å². The molecule has 0 aliphatic heterocycles. The maximum absolute atomic E-state index is 14.3. The van der Waals surface area contributed by atoms with Gasteiger partial charge in [-0.2, -0.15) is 0 Å². The molecule has 0 unspecified atom stereocenters. The summed E-state index contributed by atoms with van der Waals surface area (Å²) in [6.07, 6.45) is 0.556. The van der Waals surface area contributed by atoms with Crippen LogP contribution in [-0.4, -0.2) is 18.2 Å². The van der Waals surface area contributed by atoms with E-state index >= 15 is 0 Å². The number of hydrogen-bond acceptors (Lipinski definition) is 2. The van der Waals surface area contributed by atoms with Crippen molar-refractivity contribution in [3.05, 3.63) is 29.8 Å². The largest absolute Gasteiger partial charge is 0.497 e. The third-order valence-electron chi connectivity index (χ3n) is 3.67. The number of benzene rings is 1. The van der Waals surface area contributed by atoms with Gasteiger partial charge in [-0.3, -0.25) is 4.79 Å². The predicted molar refractivity (Wildman–Crippen MR) is 60.8 cm³/mol. The van der Waals surface area contributed by atoms with E-state index in [0.717, 1.165) is 0 Å². The average Bonchev–Trinajstić information content (AvgIpc) is 2.26. The molecule has 1 aliphatic carbocycles. The molecular weight excluding hydrogens is 242 g/mol. The minimum absolute atomic E-state index is 0.0152. The number of methoxy groups -OCH3 is 1. The van der Waals surface area contributed by atoms with Gasteiger partial charge in [0.2, 0.25) is 0 Å². The molecule has 1 N–H and O–H groups in total. The second-order valence-electron chi connectivity index (χ2n) is 4.54. The molecule has 1 saturated carbocycles. The number of ether oxygens (including phenoxy) is 1. The van der Waals surface area contributed by atoms with E-state index in [1.807, 2.05) is 0 Å². The fraction of sp³-hybridized carbons (Fsp3) is 0.462. The molecule has 0 bridgehead atoms. The molecule has 0 amide bonds. The molecule has 0 aromatic heterocycles. The van der Waals surface area contributed by atoms with E-state index in [0.29, 0.717) is 12.2 Å². The highest BCUT2D eigenvalue weighted by Gasteiger charge is 2.63. The molecule has 0 saturated heterocycles. The molecule has 1 aliphatic rings. The number of rotatable bonds is 4. The zero-order valence-corrected chi connectivity index (χ0v) is 9.95. The molecule has 18 heavy (non-hydrogen) atoms. The molecule has 0 radical (unpaired) electrons. The highest BCUT2D eigenvalue weighted by Crippen LogP contribution is 2.57. The number of alkyl halides is 2. The molecule has 5 heteroatoms. The van der Waals surface area contributed by atoms with Crippen LogP contribution in [0.25, 0.3) is 0 Å². The predicted octanol–water partition coefficient (Wildman–Crippen LogP) is 3.04. The minimum atomic E-state index is -3.36. The summed E-state index contributed by atoms with van der Waals surface area (Å²) in [7, 11) is 1.44. The summed E-state index contributed by atoms with van der Waals surface area (Å²) >= 11 is 0. The van der Waals surface area contributed by atoms with Crippen LogP contribution in [0, 0.1) is 5.41 Å². The summed E-state index contributed by atoms with van der Waals surface area (Å²) in [5, 5.41) is 9.08. The molecule has 98 valence electrons. The Kier molecular flexibility index (Phi) is 3.00. The zero-order chi connectivity index (χ0) is 13.4. The number of hydrogen-bond donors (Lipinski definition) is 1. The van der Waals surface area contributed by atoms with Crippen LogP contribution in [0.15, 0.2) is 24.3 Å². The van der Waals surface area contributed by atoms with Crippen molar-refractivity contribution in [2.45, 2.75) is 25.2 Å². The summed E-state index contributed by atoms with van der Waals surface area (Å²) in [4.78, 5) is 11.1. The third-order valence-corrected chi connectivity index (χ3v) is 3.67. The lowest BCUT2D eigenvalue weighted by Gasteiger charge is -2.43. The fourth-order valence-corrected chi connectivity index (χ4v) is 2.27. The highest BCUT2D eigenvalue weighted by atomic mass is 19.3. The van der Waals surface area contributed by atoms with Gasteiger partial charge in [-0.15, -0.1) is 0 Å². The Morgan fingerprint density at radius 1 is 1.33 bits per heavy atom. The summed E-state index contributed by atoms with van der Waals surface area (Å²) < 4.78 is 33.5. The van der Waals surface area contributed by atoms with Gasteiger partial charge in [0.15, 0.2) is 0 Å². The van der Waals surface area contributed by atoms with Gasteiger partial charge in [0, 0.05) is 5.56 Å². The number of carboxylic acid groups (broad SMARTS) is 1. The lowest BCUT2D eigenvalue weighted by molar-refractivity contribution is -0.201. The molecule has 0 atom stereocenters. The van der Waals surface area contributed by atoms with Gasteiger partial charge in [0.25, 0.3) is 5.92 Å². The van der Waals surface area contributed by atoms with Gasteiger partial charge < -0.3 is 9.84 Å². The lowest BCUT2D eigenvalue weighted by Crippen LogP contribution is -2.50. The van der Waals surface area contributed by atoms with E-state index in [1.54, 1.807) is 0 Å². The number of carboxylic acids is 1. The molecule has 1 aromatic rings. The van der Waals surface area contributed by atoms with Gasteiger partial charge in [0.05, 0.1) is 7.11 Å². The van der Waals surface area contributed by atoms with Gasteiger partial charge in [-0.1, -0.05) is 6.42 Å². The highest BCUT2D eigenvalue weighted by molar-refractivity contribution is 5.77. The zero-order valence-electron chi connectivity index (χ0n) is 9.95. The average molecular weight is 256 g/mol. The van der Waals surface area contributed by atoms with E-state index in [2.05, 4.69) is 0 Å². The third kappa shape index (κ3) is 1.65. The second-order valence-corrected chi connectivity index (χ2v) is 4.54. The van der Waals surface area contributed by atoms with Gasteiger partial charge in [-0.05, 0) is 37.1 Å². The van der Waals surface area contributed by atoms with Crippen LogP contribution < -0.4 is 4.74 Å². The second kappa shape index (κ2) is 4.23. The first-order valence-corrected chi connectivity index (χ1v) is 5.70. The Hall–Kier alpha value is -1.65. The number of aliphatic carboxylic acids is 1. The van der Waals surface area contributed by atoms with Crippen molar-refractivity contribution in [3.63, 3.8) is 0 Å². The van der Waals surface area contributed by atoms with Crippen LogP contribution in [0.4, 0.5) is 8.78 Å². The number of halogens is 2. The summed E-state index contributed by atoms with van der Waals surface area (Å²) in [6, 6.07) is 5.28. The first-order valence-electron chi connectivity index (χ1n) is 5.70. The quantitative estimate of drug-likeness (QED) is 0.900. The standard InChI is InChI=1S/C13H14F2O3/c1-18-10-5-3-9(4-6-10)13(14,15)12(11(16)17)7-2-8-12/h3-6H,2,7-8H2,1H3,(H,16,17). The molecule has 0 heterocycles. The maximum atomic E-state index is 14.3. The molecule has 0 spiro atoms. The Bertz CT molecular complexity index is 450. The van der Waals surface area contributed by atoms with Crippen LogP contribution in [-0.2, 0) is 10.7 Å². The maximum Gasteiger partial charge on any atom is 0.316 e. The molecule has 1 aromatic carbocycles. The molecule has 2 rings (SSSR count). The Balaban J connectivity index is 2.37. The van der Waals surface area contributed by atoms with E-state index in [-0.39, 0.29) is 18.4 Å². The smallest absolute Gasteiger partial charge is 0.316 e. The molecule has 3 nitrogen and oxygen atoms in total. The van der Waals surface area contributed by atoms with Gasteiger partial charge in [0.1, 0.15) is 11.2 Å². The van der Waals surface area contributed by atoms with Crippen molar-refractivity contribution in [3.8, 4) is 5.75 Å². The normalized spacial score (nSPS) is 17.9. The van der Waals surface area contributed by atoms with Crippen LogP contribution in [0.3, 0.4) is 0 Å². The van der Waals surface area contributed by atoms with Crippen molar-refractivity contribution >= 4 is 5.97 Å². The van der Waals surface area contributed by atoms with E-state index in [9.17, 15) is 13.6 Å². The Labute approximate surface area is 103 Å². The van der Waals surface area contributed by atoms with Crippen molar-refractivity contribution in [2.24, 2.45) is 5.41 Å². The summed E-state index contributed by atoms with van der Waals surface area (Å²) in [6.45, 7) is 0. The molecular formula is C13H14F2O3. The van der Waals surface area contributed by atoms with E-state index < -0.39 is 17.3 Å². The topological polar surface area (TPSA) is 46.5 Å². The van der Waals surface area contributed by atoms with Crippen LogP contribution in [0.1, 0.15) is 24.8 Å². The van der Waals surface area contributed by atoms with Crippen molar-refractivity contribution in [2.75, 3.05) is 7.11 Å². The van der Waals surface area contributed by atoms with E-state index in [1.165, 1.54) is 31.4 Å². The van der Waals surface area contributed by atoms with Crippen molar-refractivity contribution < 1.29 is 23.4 Å². The van der Waals surface area contributed by atoms with Crippen LogP contribution in [0.5, 0.6) is 5.75 Å². The van der Waals surface area contributed by atoms with Crippen molar-refractivity contribution in [1.82, 2.24) is 0 Å². The number of carbonyl (C=O) groups is 1. The van der Waals surface area contributed by atoms with Crippen LogP contribution in [0.2, 0.25) is 0 Å². The molecule has 1 fully saturated rings. The lowest BCUT2D eigenvalue weighted by atomic mass is 9.63. The monoisotopic (exact) mass is 256 g/mol.